The van der Waals surface area contributed by atoms with Crippen molar-refractivity contribution in [2.24, 2.45) is 5.92 Å². The van der Waals surface area contributed by atoms with Crippen LogP contribution in [0.2, 0.25) is 0 Å². The van der Waals surface area contributed by atoms with Gasteiger partial charge in [-0.3, -0.25) is 0 Å². The van der Waals surface area contributed by atoms with Crippen molar-refractivity contribution in [3.05, 3.63) is 53.2 Å². The predicted molar refractivity (Wildman–Crippen MR) is 75.5 cm³/mol. The summed E-state index contributed by atoms with van der Waals surface area (Å²) in [6.45, 7) is 10.8. The van der Waals surface area contributed by atoms with Crippen LogP contribution in [0.5, 0.6) is 0 Å². The first kappa shape index (κ1) is 14.1. The first-order chi connectivity index (χ1) is 8.09. The minimum absolute atomic E-state index is 0.352. The zero-order valence-electron chi connectivity index (χ0n) is 10.8. The fraction of sp³-hybridized carbons (Fsp3) is 0.333. The summed E-state index contributed by atoms with van der Waals surface area (Å²) in [5.41, 5.74) is 1.05. The summed E-state index contributed by atoms with van der Waals surface area (Å²) in [5.74, 6) is 0.528. The molecule has 0 radical (unpaired) electrons. The van der Waals surface area contributed by atoms with Crippen molar-refractivity contribution in [2.45, 2.75) is 20.8 Å². The fourth-order valence-corrected chi connectivity index (χ4v) is 3.09. The van der Waals surface area contributed by atoms with Crippen LogP contribution in [0.15, 0.2) is 53.2 Å². The second-order valence-electron chi connectivity index (χ2n) is 4.36. The van der Waals surface area contributed by atoms with Gasteiger partial charge in [0.05, 0.1) is 0 Å². The first-order valence-corrected chi connectivity index (χ1v) is 7.50. The molecule has 0 aromatic heterocycles. The summed E-state index contributed by atoms with van der Waals surface area (Å²) < 4.78 is 8.31. The molecule has 0 amide bonds. The van der Waals surface area contributed by atoms with E-state index in [4.69, 9.17) is 4.74 Å². The van der Waals surface area contributed by atoms with Crippen LogP contribution >= 0.6 is 0 Å². The number of allylic oxidation sites excluding steroid dienone is 1. The molecule has 0 heterocycles. The van der Waals surface area contributed by atoms with Crippen molar-refractivity contribution in [3.8, 4) is 0 Å². The molecular formula is C15H20OSe. The van der Waals surface area contributed by atoms with Gasteiger partial charge in [-0.2, -0.15) is 0 Å². The summed E-state index contributed by atoms with van der Waals surface area (Å²) in [5, 5.41) is 0. The van der Waals surface area contributed by atoms with E-state index in [0.29, 0.717) is 27.5 Å². The van der Waals surface area contributed by atoms with Gasteiger partial charge in [0.25, 0.3) is 0 Å². The minimum atomic E-state index is 0.352. The zero-order valence-corrected chi connectivity index (χ0v) is 12.5. The molecule has 0 spiro atoms. The topological polar surface area (TPSA) is 9.23 Å². The van der Waals surface area contributed by atoms with E-state index in [0.717, 1.165) is 5.57 Å². The molecule has 0 saturated carbocycles. The monoisotopic (exact) mass is 296 g/mol. The molecule has 92 valence electrons. The Kier molecular flexibility index (Phi) is 6.10. The van der Waals surface area contributed by atoms with Gasteiger partial charge in [-0.05, 0) is 0 Å². The number of ether oxygens (including phenoxy) is 1. The molecule has 0 aliphatic rings. The molecule has 1 nitrogen and oxygen atoms in total. The fourth-order valence-electron chi connectivity index (χ4n) is 1.17. The van der Waals surface area contributed by atoms with Crippen LogP contribution in [0.25, 0.3) is 0 Å². The van der Waals surface area contributed by atoms with Gasteiger partial charge >= 0.3 is 111 Å². The second-order valence-corrected chi connectivity index (χ2v) is 6.76. The van der Waals surface area contributed by atoms with E-state index < -0.39 is 0 Å². The molecule has 0 aliphatic heterocycles. The molecule has 0 aliphatic carbocycles. The van der Waals surface area contributed by atoms with Crippen molar-refractivity contribution in [1.29, 1.82) is 0 Å². The average molecular weight is 295 g/mol. The maximum atomic E-state index is 5.54. The normalized spacial score (nSPS) is 11.6. The Morgan fingerprint density at radius 1 is 1.35 bits per heavy atom. The Bertz CT molecular complexity index is 379. The Labute approximate surface area is 111 Å². The zero-order chi connectivity index (χ0) is 12.7. The van der Waals surface area contributed by atoms with E-state index in [1.807, 2.05) is 13.2 Å². The second kappa shape index (κ2) is 7.37. The van der Waals surface area contributed by atoms with Crippen LogP contribution in [0.1, 0.15) is 20.8 Å². The van der Waals surface area contributed by atoms with Gasteiger partial charge in [0.2, 0.25) is 0 Å². The number of benzene rings is 1. The molecule has 0 saturated heterocycles. The molecule has 1 aromatic rings. The SMILES string of the molecule is C=C(C)CO/C=C(/[Se]c1ccccc1)C(C)C. The Balaban J connectivity index is 2.63. The Morgan fingerprint density at radius 3 is 2.53 bits per heavy atom. The Hall–Kier alpha value is -0.981. The molecule has 0 bridgehead atoms. The standard InChI is InChI=1S/C15H20OSe/c1-12(2)10-16-11-15(13(3)4)17-14-8-6-5-7-9-14/h5-9,11,13H,1,10H2,2-4H3/b15-11+. The van der Waals surface area contributed by atoms with Crippen LogP contribution in [0, 0.1) is 5.92 Å². The molecule has 0 unspecified atom stereocenters. The summed E-state index contributed by atoms with van der Waals surface area (Å²) in [6, 6.07) is 10.6. The molecule has 1 aromatic carbocycles. The molecule has 0 atom stereocenters. The van der Waals surface area contributed by atoms with Gasteiger partial charge in [0, 0.05) is 0 Å². The summed E-state index contributed by atoms with van der Waals surface area (Å²) >= 11 is 0.352. The van der Waals surface area contributed by atoms with Crippen molar-refractivity contribution >= 4 is 19.4 Å². The molecular weight excluding hydrogens is 275 g/mol. The number of hydrogen-bond acceptors (Lipinski definition) is 1. The predicted octanol–water partition coefficient (Wildman–Crippen LogP) is 3.11. The van der Waals surface area contributed by atoms with Crippen LogP contribution in [-0.2, 0) is 4.74 Å². The van der Waals surface area contributed by atoms with Crippen molar-refractivity contribution in [1.82, 2.24) is 0 Å². The first-order valence-electron chi connectivity index (χ1n) is 5.78. The molecule has 2 heteroatoms. The van der Waals surface area contributed by atoms with E-state index in [-0.39, 0.29) is 0 Å². The van der Waals surface area contributed by atoms with Crippen LogP contribution in [0.3, 0.4) is 0 Å². The number of hydrogen-bond donors (Lipinski definition) is 0. The summed E-state index contributed by atoms with van der Waals surface area (Å²) in [4.78, 5) is 0. The summed E-state index contributed by atoms with van der Waals surface area (Å²) in [6.07, 6.45) is 1.92. The van der Waals surface area contributed by atoms with Gasteiger partial charge in [-0.25, -0.2) is 0 Å². The molecule has 1 rings (SSSR count). The third-order valence-electron chi connectivity index (χ3n) is 2.08. The van der Waals surface area contributed by atoms with Gasteiger partial charge in [-0.15, -0.1) is 0 Å². The van der Waals surface area contributed by atoms with Crippen LogP contribution in [0.4, 0.5) is 0 Å². The van der Waals surface area contributed by atoms with E-state index in [9.17, 15) is 0 Å². The van der Waals surface area contributed by atoms with Gasteiger partial charge in [0.1, 0.15) is 0 Å². The summed E-state index contributed by atoms with van der Waals surface area (Å²) in [7, 11) is 0. The van der Waals surface area contributed by atoms with Gasteiger partial charge < -0.3 is 0 Å². The third-order valence-corrected chi connectivity index (χ3v) is 4.83. The van der Waals surface area contributed by atoms with Crippen molar-refractivity contribution in [2.75, 3.05) is 6.61 Å². The van der Waals surface area contributed by atoms with Crippen molar-refractivity contribution < 1.29 is 4.74 Å². The Morgan fingerprint density at radius 2 is 2.00 bits per heavy atom. The average Bonchev–Trinajstić information content (AvgIpc) is 2.28. The molecule has 0 fully saturated rings. The third kappa shape index (κ3) is 5.76. The van der Waals surface area contributed by atoms with Crippen LogP contribution < -0.4 is 4.46 Å². The van der Waals surface area contributed by atoms with E-state index >= 15 is 0 Å². The van der Waals surface area contributed by atoms with Gasteiger partial charge in [-0.1, -0.05) is 0 Å². The quantitative estimate of drug-likeness (QED) is 0.445. The van der Waals surface area contributed by atoms with E-state index in [1.54, 1.807) is 0 Å². The maximum absolute atomic E-state index is 5.54. The van der Waals surface area contributed by atoms with Crippen molar-refractivity contribution in [3.63, 3.8) is 0 Å². The van der Waals surface area contributed by atoms with E-state index in [1.165, 1.54) is 8.93 Å². The molecule has 17 heavy (non-hydrogen) atoms. The van der Waals surface area contributed by atoms with E-state index in [2.05, 4.69) is 50.8 Å². The molecule has 0 N–H and O–H groups in total. The van der Waals surface area contributed by atoms with Crippen LogP contribution in [-0.4, -0.2) is 21.6 Å². The number of rotatable bonds is 6. The van der Waals surface area contributed by atoms with Gasteiger partial charge in [0.15, 0.2) is 0 Å².